The highest BCUT2D eigenvalue weighted by Crippen LogP contribution is 2.35. The van der Waals surface area contributed by atoms with E-state index < -0.39 is 5.60 Å². The van der Waals surface area contributed by atoms with E-state index in [1.807, 2.05) is 18.2 Å². The monoisotopic (exact) mass is 205 g/mol. The molecule has 0 aliphatic carbocycles. The first-order valence-electron chi connectivity index (χ1n) is 5.74. The first kappa shape index (κ1) is 10.7. The van der Waals surface area contributed by atoms with Gasteiger partial charge in [0.15, 0.2) is 0 Å². The van der Waals surface area contributed by atoms with Crippen molar-refractivity contribution in [2.75, 3.05) is 13.1 Å². The second-order valence-corrected chi connectivity index (χ2v) is 4.40. The lowest BCUT2D eigenvalue weighted by atomic mass is 9.80. The third kappa shape index (κ3) is 2.06. The van der Waals surface area contributed by atoms with Crippen LogP contribution in [0.25, 0.3) is 0 Å². The molecule has 0 amide bonds. The molecule has 82 valence electrons. The Morgan fingerprint density at radius 2 is 2.13 bits per heavy atom. The zero-order chi connectivity index (χ0) is 10.7. The second kappa shape index (κ2) is 4.33. The van der Waals surface area contributed by atoms with Gasteiger partial charge in [-0.2, -0.15) is 0 Å². The van der Waals surface area contributed by atoms with Gasteiger partial charge in [0, 0.05) is 12.5 Å². The van der Waals surface area contributed by atoms with E-state index in [0.717, 1.165) is 25.9 Å². The predicted octanol–water partition coefficient (Wildman–Crippen LogP) is 1.90. The minimum Gasteiger partial charge on any atom is -0.388 e. The maximum atomic E-state index is 10.5. The van der Waals surface area contributed by atoms with Gasteiger partial charge in [-0.15, -0.1) is 0 Å². The summed E-state index contributed by atoms with van der Waals surface area (Å²) in [5.41, 5.74) is 0.710. The Labute approximate surface area is 91.3 Å². The standard InChI is InChI=1S/C13H19NO/c1-2-12(11-6-4-3-5-7-11)13(15)8-9-14-10-13/h3-7,12,14-15H,2,8-10H2,1H3. The highest BCUT2D eigenvalue weighted by molar-refractivity contribution is 5.23. The number of hydrogen-bond donors (Lipinski definition) is 2. The zero-order valence-electron chi connectivity index (χ0n) is 9.24. The molecule has 1 aromatic rings. The molecule has 15 heavy (non-hydrogen) atoms. The normalized spacial score (nSPS) is 27.9. The Morgan fingerprint density at radius 1 is 1.40 bits per heavy atom. The maximum Gasteiger partial charge on any atom is 0.0851 e. The number of benzene rings is 1. The van der Waals surface area contributed by atoms with Crippen LogP contribution in [0.1, 0.15) is 31.2 Å². The summed E-state index contributed by atoms with van der Waals surface area (Å²) in [4.78, 5) is 0. The first-order chi connectivity index (χ1) is 7.26. The van der Waals surface area contributed by atoms with Gasteiger partial charge in [0.2, 0.25) is 0 Å². The number of rotatable bonds is 3. The molecule has 2 heteroatoms. The minimum absolute atomic E-state index is 0.258. The fourth-order valence-corrected chi connectivity index (χ4v) is 2.61. The Morgan fingerprint density at radius 3 is 2.67 bits per heavy atom. The number of hydrogen-bond acceptors (Lipinski definition) is 2. The molecule has 2 rings (SSSR count). The van der Waals surface area contributed by atoms with Gasteiger partial charge < -0.3 is 10.4 Å². The van der Waals surface area contributed by atoms with Gasteiger partial charge in [-0.25, -0.2) is 0 Å². The summed E-state index contributed by atoms with van der Waals surface area (Å²) in [6.45, 7) is 3.80. The Balaban J connectivity index is 2.24. The molecule has 2 atom stereocenters. The Hall–Kier alpha value is -0.860. The minimum atomic E-state index is -0.546. The fraction of sp³-hybridized carbons (Fsp3) is 0.538. The lowest BCUT2D eigenvalue weighted by Gasteiger charge is -2.31. The summed E-state index contributed by atoms with van der Waals surface area (Å²) >= 11 is 0. The van der Waals surface area contributed by atoms with E-state index in [1.54, 1.807) is 0 Å². The molecule has 0 spiro atoms. The van der Waals surface area contributed by atoms with E-state index in [2.05, 4.69) is 24.4 Å². The molecule has 1 fully saturated rings. The number of aliphatic hydroxyl groups is 1. The van der Waals surface area contributed by atoms with Crippen molar-refractivity contribution in [3.8, 4) is 0 Å². The summed E-state index contributed by atoms with van der Waals surface area (Å²) < 4.78 is 0. The van der Waals surface area contributed by atoms with Crippen molar-refractivity contribution in [1.82, 2.24) is 5.32 Å². The molecule has 2 nitrogen and oxygen atoms in total. The third-order valence-electron chi connectivity index (χ3n) is 3.42. The van der Waals surface area contributed by atoms with Crippen LogP contribution in [0, 0.1) is 0 Å². The number of β-amino-alcohol motifs (C(OH)–C–C–N with tert-alkyl or cyclic N) is 1. The molecule has 1 aliphatic rings. The van der Waals surface area contributed by atoms with Gasteiger partial charge in [-0.05, 0) is 24.9 Å². The Kier molecular flexibility index (Phi) is 3.08. The quantitative estimate of drug-likeness (QED) is 0.790. The summed E-state index contributed by atoms with van der Waals surface area (Å²) in [7, 11) is 0. The third-order valence-corrected chi connectivity index (χ3v) is 3.42. The van der Waals surface area contributed by atoms with E-state index in [9.17, 15) is 5.11 Å². The largest absolute Gasteiger partial charge is 0.388 e. The molecule has 0 aromatic heterocycles. The maximum absolute atomic E-state index is 10.5. The van der Waals surface area contributed by atoms with E-state index in [1.165, 1.54) is 5.56 Å². The molecule has 1 heterocycles. The van der Waals surface area contributed by atoms with E-state index >= 15 is 0 Å². The first-order valence-corrected chi connectivity index (χ1v) is 5.74. The van der Waals surface area contributed by atoms with Crippen molar-refractivity contribution in [2.24, 2.45) is 0 Å². The van der Waals surface area contributed by atoms with Crippen LogP contribution < -0.4 is 5.32 Å². The second-order valence-electron chi connectivity index (χ2n) is 4.40. The van der Waals surface area contributed by atoms with Crippen molar-refractivity contribution in [3.05, 3.63) is 35.9 Å². The highest BCUT2D eigenvalue weighted by Gasteiger charge is 2.38. The summed E-state index contributed by atoms with van der Waals surface area (Å²) in [5.74, 6) is 0.258. The topological polar surface area (TPSA) is 32.3 Å². The van der Waals surface area contributed by atoms with Crippen molar-refractivity contribution in [1.29, 1.82) is 0 Å². The summed E-state index contributed by atoms with van der Waals surface area (Å²) in [5, 5.41) is 13.8. The Bertz CT molecular complexity index is 304. The van der Waals surface area contributed by atoms with Crippen LogP contribution >= 0.6 is 0 Å². The average Bonchev–Trinajstić information content (AvgIpc) is 2.68. The summed E-state index contributed by atoms with van der Waals surface area (Å²) in [6.07, 6.45) is 1.85. The predicted molar refractivity (Wildman–Crippen MR) is 61.9 cm³/mol. The van der Waals surface area contributed by atoms with Crippen molar-refractivity contribution in [3.63, 3.8) is 0 Å². The molecule has 0 saturated carbocycles. The molecular formula is C13H19NO. The van der Waals surface area contributed by atoms with Crippen LogP contribution in [0.4, 0.5) is 0 Å². The highest BCUT2D eigenvalue weighted by atomic mass is 16.3. The van der Waals surface area contributed by atoms with E-state index in [4.69, 9.17) is 0 Å². The van der Waals surface area contributed by atoms with E-state index in [-0.39, 0.29) is 5.92 Å². The molecule has 0 bridgehead atoms. The smallest absolute Gasteiger partial charge is 0.0851 e. The van der Waals surface area contributed by atoms with Crippen LogP contribution in [0.15, 0.2) is 30.3 Å². The average molecular weight is 205 g/mol. The van der Waals surface area contributed by atoms with Crippen LogP contribution in [0.3, 0.4) is 0 Å². The number of nitrogens with one attached hydrogen (secondary N) is 1. The van der Waals surface area contributed by atoms with Gasteiger partial charge in [-0.1, -0.05) is 37.3 Å². The van der Waals surface area contributed by atoms with Crippen LogP contribution in [0.5, 0.6) is 0 Å². The van der Waals surface area contributed by atoms with Gasteiger partial charge in [-0.3, -0.25) is 0 Å². The van der Waals surface area contributed by atoms with Crippen LogP contribution in [-0.2, 0) is 0 Å². The fourth-order valence-electron chi connectivity index (χ4n) is 2.61. The lowest BCUT2D eigenvalue weighted by Crippen LogP contribution is -2.38. The van der Waals surface area contributed by atoms with Crippen LogP contribution in [-0.4, -0.2) is 23.8 Å². The van der Waals surface area contributed by atoms with Gasteiger partial charge in [0.05, 0.1) is 5.60 Å². The summed E-state index contributed by atoms with van der Waals surface area (Å²) in [6, 6.07) is 10.3. The van der Waals surface area contributed by atoms with Gasteiger partial charge in [0.25, 0.3) is 0 Å². The molecule has 2 N–H and O–H groups in total. The van der Waals surface area contributed by atoms with Crippen molar-refractivity contribution >= 4 is 0 Å². The molecule has 1 aliphatic heterocycles. The molecular weight excluding hydrogens is 186 g/mol. The zero-order valence-corrected chi connectivity index (χ0v) is 9.24. The van der Waals surface area contributed by atoms with Gasteiger partial charge in [0.1, 0.15) is 0 Å². The molecule has 0 radical (unpaired) electrons. The lowest BCUT2D eigenvalue weighted by molar-refractivity contribution is 0.0303. The molecule has 1 aromatic carbocycles. The van der Waals surface area contributed by atoms with Gasteiger partial charge >= 0.3 is 0 Å². The molecule has 1 saturated heterocycles. The van der Waals surface area contributed by atoms with Crippen molar-refractivity contribution in [2.45, 2.75) is 31.3 Å². The van der Waals surface area contributed by atoms with Crippen LogP contribution in [0.2, 0.25) is 0 Å². The van der Waals surface area contributed by atoms with E-state index in [0.29, 0.717) is 0 Å². The SMILES string of the molecule is CCC(c1ccccc1)C1(O)CCNC1. The van der Waals surface area contributed by atoms with Crippen molar-refractivity contribution < 1.29 is 5.11 Å². The molecule has 2 unspecified atom stereocenters.